The maximum atomic E-state index is 11.5. The lowest BCUT2D eigenvalue weighted by Crippen LogP contribution is -2.21. The highest BCUT2D eigenvalue weighted by molar-refractivity contribution is 5.90. The Labute approximate surface area is 102 Å². The van der Waals surface area contributed by atoms with Crippen molar-refractivity contribution < 1.29 is 9.59 Å². The monoisotopic (exact) mass is 234 g/mol. The molecule has 4 heteroatoms. The van der Waals surface area contributed by atoms with E-state index >= 15 is 0 Å². The molecule has 0 atom stereocenters. The summed E-state index contributed by atoms with van der Waals surface area (Å²) in [6, 6.07) is 9.30. The number of hydrogen-bond donors (Lipinski definition) is 1. The third-order valence-electron chi connectivity index (χ3n) is 2.35. The average Bonchev–Trinajstić information content (AvgIpc) is 2.30. The summed E-state index contributed by atoms with van der Waals surface area (Å²) in [5, 5.41) is 2.78. The van der Waals surface area contributed by atoms with E-state index in [0.29, 0.717) is 19.3 Å². The summed E-state index contributed by atoms with van der Waals surface area (Å²) in [7, 11) is 3.43. The molecule has 0 saturated heterocycles. The summed E-state index contributed by atoms with van der Waals surface area (Å²) in [5.41, 5.74) is 0.788. The number of para-hydroxylation sites is 1. The van der Waals surface area contributed by atoms with Crippen LogP contribution in [0.2, 0.25) is 0 Å². The van der Waals surface area contributed by atoms with Crippen LogP contribution in [0.3, 0.4) is 0 Å². The Morgan fingerprint density at radius 3 is 2.35 bits per heavy atom. The molecule has 0 bridgehead atoms. The minimum Gasteiger partial charge on any atom is -0.349 e. The van der Waals surface area contributed by atoms with E-state index in [-0.39, 0.29) is 11.8 Å². The van der Waals surface area contributed by atoms with E-state index in [9.17, 15) is 9.59 Å². The van der Waals surface area contributed by atoms with Gasteiger partial charge in [0.15, 0.2) is 0 Å². The molecule has 0 fully saturated rings. The van der Waals surface area contributed by atoms with Gasteiger partial charge >= 0.3 is 0 Å². The first-order chi connectivity index (χ1) is 8.09. The summed E-state index contributed by atoms with van der Waals surface area (Å²) in [6.07, 6.45) is 1.36. The predicted octanol–water partition coefficient (Wildman–Crippen LogP) is 1.88. The molecule has 0 unspecified atom stereocenters. The van der Waals surface area contributed by atoms with Gasteiger partial charge in [-0.25, -0.2) is 0 Å². The standard InChI is InChI=1S/C13H18N2O2/c1-15(2)13(17)10-6-9-12(16)14-11-7-4-3-5-8-11/h3-5,7-8H,6,9-10H2,1-2H3,(H,14,16). The van der Waals surface area contributed by atoms with Crippen LogP contribution in [0.5, 0.6) is 0 Å². The lowest BCUT2D eigenvalue weighted by Gasteiger charge is -2.09. The van der Waals surface area contributed by atoms with E-state index in [4.69, 9.17) is 0 Å². The molecule has 0 aromatic heterocycles. The third kappa shape index (κ3) is 5.15. The number of carbonyl (C=O) groups is 2. The molecular weight excluding hydrogens is 216 g/mol. The maximum absolute atomic E-state index is 11.5. The SMILES string of the molecule is CN(C)C(=O)CCCC(=O)Nc1ccccc1. The van der Waals surface area contributed by atoms with E-state index in [0.717, 1.165) is 5.69 Å². The van der Waals surface area contributed by atoms with Crippen molar-refractivity contribution in [1.82, 2.24) is 4.90 Å². The number of hydrogen-bond acceptors (Lipinski definition) is 2. The fourth-order valence-corrected chi connectivity index (χ4v) is 1.37. The van der Waals surface area contributed by atoms with Crippen molar-refractivity contribution in [3.8, 4) is 0 Å². The Morgan fingerprint density at radius 2 is 1.76 bits per heavy atom. The van der Waals surface area contributed by atoms with Gasteiger partial charge in [-0.1, -0.05) is 18.2 Å². The highest BCUT2D eigenvalue weighted by Crippen LogP contribution is 2.07. The first kappa shape index (κ1) is 13.2. The topological polar surface area (TPSA) is 49.4 Å². The molecule has 1 aromatic carbocycles. The van der Waals surface area contributed by atoms with Crippen LogP contribution in [0.1, 0.15) is 19.3 Å². The van der Waals surface area contributed by atoms with Crippen molar-refractivity contribution in [2.45, 2.75) is 19.3 Å². The predicted molar refractivity (Wildman–Crippen MR) is 67.6 cm³/mol. The lowest BCUT2D eigenvalue weighted by atomic mass is 10.2. The number of benzene rings is 1. The maximum Gasteiger partial charge on any atom is 0.224 e. The van der Waals surface area contributed by atoms with Gasteiger partial charge in [0.25, 0.3) is 0 Å². The summed E-state index contributed by atoms with van der Waals surface area (Å²) < 4.78 is 0. The van der Waals surface area contributed by atoms with Crippen molar-refractivity contribution in [2.24, 2.45) is 0 Å². The normalized spacial score (nSPS) is 9.76. The van der Waals surface area contributed by atoms with Gasteiger partial charge in [-0.3, -0.25) is 9.59 Å². The van der Waals surface area contributed by atoms with E-state index in [2.05, 4.69) is 5.32 Å². The van der Waals surface area contributed by atoms with Crippen molar-refractivity contribution in [3.63, 3.8) is 0 Å². The Morgan fingerprint density at radius 1 is 1.12 bits per heavy atom. The van der Waals surface area contributed by atoms with Crippen LogP contribution in [-0.2, 0) is 9.59 Å². The molecule has 92 valence electrons. The highest BCUT2D eigenvalue weighted by atomic mass is 16.2. The van der Waals surface area contributed by atoms with Crippen LogP contribution in [0.15, 0.2) is 30.3 Å². The molecule has 4 nitrogen and oxygen atoms in total. The Bertz CT molecular complexity index is 374. The van der Waals surface area contributed by atoms with Gasteiger partial charge in [0.2, 0.25) is 11.8 Å². The number of rotatable bonds is 5. The zero-order valence-electron chi connectivity index (χ0n) is 10.3. The van der Waals surface area contributed by atoms with Crippen LogP contribution in [0.25, 0.3) is 0 Å². The average molecular weight is 234 g/mol. The van der Waals surface area contributed by atoms with Gasteiger partial charge in [0.1, 0.15) is 0 Å². The zero-order chi connectivity index (χ0) is 12.7. The minimum absolute atomic E-state index is 0.0530. The van der Waals surface area contributed by atoms with Crippen LogP contribution < -0.4 is 5.32 Å². The number of carbonyl (C=O) groups excluding carboxylic acids is 2. The van der Waals surface area contributed by atoms with Crippen LogP contribution >= 0.6 is 0 Å². The summed E-state index contributed by atoms with van der Waals surface area (Å²) >= 11 is 0. The van der Waals surface area contributed by atoms with E-state index in [1.807, 2.05) is 30.3 Å². The molecule has 17 heavy (non-hydrogen) atoms. The number of amides is 2. The van der Waals surface area contributed by atoms with E-state index in [1.165, 1.54) is 4.90 Å². The molecule has 2 amide bonds. The largest absolute Gasteiger partial charge is 0.349 e. The highest BCUT2D eigenvalue weighted by Gasteiger charge is 2.06. The van der Waals surface area contributed by atoms with Crippen molar-refractivity contribution in [1.29, 1.82) is 0 Å². The van der Waals surface area contributed by atoms with E-state index in [1.54, 1.807) is 14.1 Å². The molecular formula is C13H18N2O2. The number of nitrogens with zero attached hydrogens (tertiary/aromatic N) is 1. The van der Waals surface area contributed by atoms with Gasteiger partial charge in [-0.05, 0) is 18.6 Å². The molecule has 1 rings (SSSR count). The Balaban J connectivity index is 2.25. The van der Waals surface area contributed by atoms with Gasteiger partial charge in [-0.15, -0.1) is 0 Å². The van der Waals surface area contributed by atoms with Gasteiger partial charge in [-0.2, -0.15) is 0 Å². The summed E-state index contributed by atoms with van der Waals surface area (Å²) in [5.74, 6) is 0.000247. The third-order valence-corrected chi connectivity index (χ3v) is 2.35. The molecule has 1 N–H and O–H groups in total. The van der Waals surface area contributed by atoms with Crippen LogP contribution in [-0.4, -0.2) is 30.8 Å². The molecule has 0 aliphatic heterocycles. The number of nitrogens with one attached hydrogen (secondary N) is 1. The molecule has 1 aromatic rings. The summed E-state index contributed by atoms with van der Waals surface area (Å²) in [4.78, 5) is 24.3. The second kappa shape index (κ2) is 6.68. The van der Waals surface area contributed by atoms with E-state index < -0.39 is 0 Å². The van der Waals surface area contributed by atoms with Crippen LogP contribution in [0.4, 0.5) is 5.69 Å². The van der Waals surface area contributed by atoms with Gasteiger partial charge < -0.3 is 10.2 Å². The van der Waals surface area contributed by atoms with Gasteiger partial charge in [0, 0.05) is 32.6 Å². The quantitative estimate of drug-likeness (QED) is 0.845. The molecule has 0 spiro atoms. The molecule has 0 aliphatic rings. The summed E-state index contributed by atoms with van der Waals surface area (Å²) in [6.45, 7) is 0. The Hall–Kier alpha value is -1.84. The molecule has 0 aliphatic carbocycles. The second-order valence-electron chi connectivity index (χ2n) is 4.06. The lowest BCUT2D eigenvalue weighted by molar-refractivity contribution is -0.128. The van der Waals surface area contributed by atoms with Crippen molar-refractivity contribution >= 4 is 17.5 Å². The van der Waals surface area contributed by atoms with Crippen LogP contribution in [0, 0.1) is 0 Å². The Kier molecular flexibility index (Phi) is 5.20. The molecule has 0 heterocycles. The van der Waals surface area contributed by atoms with Gasteiger partial charge in [0.05, 0.1) is 0 Å². The second-order valence-corrected chi connectivity index (χ2v) is 4.06. The molecule has 0 saturated carbocycles. The fourth-order valence-electron chi connectivity index (χ4n) is 1.37. The smallest absolute Gasteiger partial charge is 0.224 e. The zero-order valence-corrected chi connectivity index (χ0v) is 10.3. The number of anilines is 1. The first-order valence-electron chi connectivity index (χ1n) is 5.64. The molecule has 0 radical (unpaired) electrons. The van der Waals surface area contributed by atoms with Crippen molar-refractivity contribution in [3.05, 3.63) is 30.3 Å². The first-order valence-corrected chi connectivity index (χ1v) is 5.64. The minimum atomic E-state index is -0.0530. The van der Waals surface area contributed by atoms with Crippen molar-refractivity contribution in [2.75, 3.05) is 19.4 Å². The fraction of sp³-hybridized carbons (Fsp3) is 0.385.